The molecule has 1 rings (SSSR count). The van der Waals surface area contributed by atoms with Crippen molar-refractivity contribution in [3.63, 3.8) is 0 Å². The Morgan fingerprint density at radius 2 is 2.31 bits per heavy atom. The van der Waals surface area contributed by atoms with Crippen LogP contribution in [0.4, 0.5) is 4.39 Å². The summed E-state index contributed by atoms with van der Waals surface area (Å²) in [5.41, 5.74) is 5.88. The average molecular weight is 246 g/mol. The van der Waals surface area contributed by atoms with Crippen LogP contribution in [0.3, 0.4) is 0 Å². The lowest BCUT2D eigenvalue weighted by molar-refractivity contribution is -0.144. The van der Waals surface area contributed by atoms with E-state index in [1.807, 2.05) is 0 Å². The minimum Gasteiger partial charge on any atom is -0.465 e. The molecule has 1 unspecified atom stereocenters. The van der Waals surface area contributed by atoms with Crippen molar-refractivity contribution in [1.29, 1.82) is 0 Å². The Balaban J connectivity index is 2.72. The number of ether oxygens (including phenoxy) is 1. The molecule has 0 aliphatic heterocycles. The van der Waals surface area contributed by atoms with Crippen LogP contribution in [0.1, 0.15) is 12.5 Å². The van der Waals surface area contributed by atoms with E-state index in [0.29, 0.717) is 10.6 Å². The van der Waals surface area contributed by atoms with Crippen LogP contribution in [-0.4, -0.2) is 18.6 Å². The Hall–Kier alpha value is -1.13. The number of hydrogen-bond acceptors (Lipinski definition) is 3. The van der Waals surface area contributed by atoms with Crippen molar-refractivity contribution in [3.05, 3.63) is 34.6 Å². The standard InChI is InChI=1S/C11H13ClFNO2/c1-2-16-11(15)10(14)6-7-5-8(12)3-4-9(7)13/h3-5,10H,2,6,14H2,1H3. The molecule has 5 heteroatoms. The van der Waals surface area contributed by atoms with E-state index in [9.17, 15) is 9.18 Å². The third-order valence-corrected chi connectivity index (χ3v) is 2.27. The Morgan fingerprint density at radius 3 is 2.94 bits per heavy atom. The lowest BCUT2D eigenvalue weighted by Gasteiger charge is -2.11. The number of hydrogen-bond donors (Lipinski definition) is 1. The maximum absolute atomic E-state index is 13.3. The summed E-state index contributed by atoms with van der Waals surface area (Å²) in [6.07, 6.45) is 0.0746. The molecule has 0 aliphatic carbocycles. The number of esters is 1. The highest BCUT2D eigenvalue weighted by Crippen LogP contribution is 2.16. The number of nitrogens with two attached hydrogens (primary N) is 1. The first-order chi connectivity index (χ1) is 7.54. The van der Waals surface area contributed by atoms with Crippen molar-refractivity contribution < 1.29 is 13.9 Å². The second-order valence-electron chi connectivity index (χ2n) is 3.30. The normalized spacial score (nSPS) is 12.2. The second kappa shape index (κ2) is 5.82. The molecule has 3 nitrogen and oxygen atoms in total. The van der Waals surface area contributed by atoms with Crippen molar-refractivity contribution >= 4 is 17.6 Å². The summed E-state index contributed by atoms with van der Waals surface area (Å²) in [6, 6.07) is 3.27. The molecule has 0 amide bonds. The van der Waals surface area contributed by atoms with E-state index in [-0.39, 0.29) is 13.0 Å². The van der Waals surface area contributed by atoms with Crippen LogP contribution in [-0.2, 0) is 16.0 Å². The van der Waals surface area contributed by atoms with Crippen LogP contribution in [0.25, 0.3) is 0 Å². The van der Waals surface area contributed by atoms with Gasteiger partial charge in [-0.15, -0.1) is 0 Å². The van der Waals surface area contributed by atoms with Crippen molar-refractivity contribution in [1.82, 2.24) is 0 Å². The average Bonchev–Trinajstić information content (AvgIpc) is 2.23. The molecule has 1 atom stereocenters. The summed E-state index contributed by atoms with van der Waals surface area (Å²) in [7, 11) is 0. The first-order valence-corrected chi connectivity index (χ1v) is 5.28. The van der Waals surface area contributed by atoms with Gasteiger partial charge in [0.25, 0.3) is 0 Å². The van der Waals surface area contributed by atoms with Gasteiger partial charge in [-0.05, 0) is 30.7 Å². The highest BCUT2D eigenvalue weighted by atomic mass is 35.5. The predicted octanol–water partition coefficient (Wildman–Crippen LogP) is 1.91. The predicted molar refractivity (Wildman–Crippen MR) is 59.7 cm³/mol. The Bertz CT molecular complexity index is 384. The molecule has 0 saturated carbocycles. The van der Waals surface area contributed by atoms with Crippen molar-refractivity contribution in [2.45, 2.75) is 19.4 Å². The van der Waals surface area contributed by atoms with Gasteiger partial charge in [0.2, 0.25) is 0 Å². The molecule has 1 aromatic carbocycles. The zero-order valence-corrected chi connectivity index (χ0v) is 9.63. The van der Waals surface area contributed by atoms with E-state index in [2.05, 4.69) is 0 Å². The third kappa shape index (κ3) is 3.47. The highest BCUT2D eigenvalue weighted by Gasteiger charge is 2.17. The first-order valence-electron chi connectivity index (χ1n) is 4.90. The Morgan fingerprint density at radius 1 is 1.62 bits per heavy atom. The fourth-order valence-electron chi connectivity index (χ4n) is 1.27. The Labute approximate surface area is 98.3 Å². The van der Waals surface area contributed by atoms with Gasteiger partial charge in [-0.25, -0.2) is 4.39 Å². The van der Waals surface area contributed by atoms with Crippen LogP contribution in [0.5, 0.6) is 0 Å². The molecule has 0 saturated heterocycles. The van der Waals surface area contributed by atoms with Crippen LogP contribution in [0.2, 0.25) is 5.02 Å². The maximum Gasteiger partial charge on any atom is 0.323 e. The molecular weight excluding hydrogens is 233 g/mol. The van der Waals surface area contributed by atoms with E-state index >= 15 is 0 Å². The van der Waals surface area contributed by atoms with Crippen molar-refractivity contribution in [2.24, 2.45) is 5.73 Å². The van der Waals surface area contributed by atoms with Gasteiger partial charge in [-0.3, -0.25) is 4.79 Å². The van der Waals surface area contributed by atoms with Gasteiger partial charge >= 0.3 is 5.97 Å². The quantitative estimate of drug-likeness (QED) is 0.825. The molecule has 0 radical (unpaired) electrons. The van der Waals surface area contributed by atoms with Crippen LogP contribution in [0, 0.1) is 5.82 Å². The molecule has 2 N–H and O–H groups in total. The number of rotatable bonds is 4. The van der Waals surface area contributed by atoms with Crippen LogP contribution in [0.15, 0.2) is 18.2 Å². The highest BCUT2D eigenvalue weighted by molar-refractivity contribution is 6.30. The zero-order valence-electron chi connectivity index (χ0n) is 8.87. The number of carbonyl (C=O) groups excluding carboxylic acids is 1. The summed E-state index contributed by atoms with van der Waals surface area (Å²) < 4.78 is 18.0. The lowest BCUT2D eigenvalue weighted by Crippen LogP contribution is -2.34. The zero-order chi connectivity index (χ0) is 12.1. The molecule has 0 aliphatic rings. The summed E-state index contributed by atoms with van der Waals surface area (Å²) in [6.45, 7) is 1.94. The minimum atomic E-state index is -0.868. The molecule has 0 aromatic heterocycles. The molecule has 16 heavy (non-hydrogen) atoms. The van der Waals surface area contributed by atoms with Crippen molar-refractivity contribution in [2.75, 3.05) is 6.61 Å². The number of halogens is 2. The lowest BCUT2D eigenvalue weighted by atomic mass is 10.1. The molecule has 88 valence electrons. The molecule has 0 bridgehead atoms. The first kappa shape index (κ1) is 12.9. The molecular formula is C11H13ClFNO2. The van der Waals surface area contributed by atoms with Crippen LogP contribution < -0.4 is 5.73 Å². The van der Waals surface area contributed by atoms with Gasteiger partial charge in [0, 0.05) is 11.4 Å². The van der Waals surface area contributed by atoms with Crippen molar-refractivity contribution in [3.8, 4) is 0 Å². The van der Waals surface area contributed by atoms with E-state index < -0.39 is 17.8 Å². The Kier molecular flexibility index (Phi) is 4.71. The summed E-state index contributed by atoms with van der Waals surface area (Å²) in [5.74, 6) is -0.967. The van der Waals surface area contributed by atoms with E-state index in [1.54, 1.807) is 6.92 Å². The SMILES string of the molecule is CCOC(=O)C(N)Cc1cc(Cl)ccc1F. The van der Waals surface area contributed by atoms with Gasteiger partial charge < -0.3 is 10.5 Å². The fraction of sp³-hybridized carbons (Fsp3) is 0.364. The summed E-state index contributed by atoms with van der Waals surface area (Å²) in [4.78, 5) is 11.2. The molecule has 1 aromatic rings. The van der Waals surface area contributed by atoms with E-state index in [1.165, 1.54) is 18.2 Å². The molecule has 0 heterocycles. The third-order valence-electron chi connectivity index (χ3n) is 2.04. The summed E-state index contributed by atoms with van der Waals surface area (Å²) in [5, 5.41) is 0.410. The van der Waals surface area contributed by atoms with Gasteiger partial charge in [0.1, 0.15) is 11.9 Å². The van der Waals surface area contributed by atoms with Gasteiger partial charge in [-0.1, -0.05) is 11.6 Å². The maximum atomic E-state index is 13.3. The second-order valence-corrected chi connectivity index (χ2v) is 3.73. The fourth-order valence-corrected chi connectivity index (χ4v) is 1.46. The topological polar surface area (TPSA) is 52.3 Å². The largest absolute Gasteiger partial charge is 0.465 e. The van der Waals surface area contributed by atoms with E-state index in [0.717, 1.165) is 0 Å². The number of benzene rings is 1. The van der Waals surface area contributed by atoms with Gasteiger partial charge in [-0.2, -0.15) is 0 Å². The number of carbonyl (C=O) groups is 1. The van der Waals surface area contributed by atoms with Crippen LogP contribution >= 0.6 is 11.6 Å². The monoisotopic (exact) mass is 245 g/mol. The summed E-state index contributed by atoms with van der Waals surface area (Å²) >= 11 is 5.72. The van der Waals surface area contributed by atoms with E-state index in [4.69, 9.17) is 22.1 Å². The minimum absolute atomic E-state index is 0.0746. The van der Waals surface area contributed by atoms with Gasteiger partial charge in [0.05, 0.1) is 6.61 Å². The molecule has 0 spiro atoms. The van der Waals surface area contributed by atoms with Gasteiger partial charge in [0.15, 0.2) is 0 Å². The smallest absolute Gasteiger partial charge is 0.323 e. The molecule has 0 fully saturated rings.